The number of hydrogen-bond acceptors (Lipinski definition) is 7. The number of nitrogens with one attached hydrogen (secondary N) is 1. The maximum absolute atomic E-state index is 11.8. The minimum Gasteiger partial charge on any atom is -0.468 e. The molecule has 0 radical (unpaired) electrons. The Kier molecular flexibility index (Phi) is 7.79. The largest absolute Gasteiger partial charge is 0.468 e. The Morgan fingerprint density at radius 1 is 1.48 bits per heavy atom. The summed E-state index contributed by atoms with van der Waals surface area (Å²) in [6, 6.07) is -1.30. The van der Waals surface area contributed by atoms with Crippen LogP contribution < -0.4 is 16.8 Å². The molecule has 1 rings (SSSR count). The Morgan fingerprint density at radius 3 is 2.76 bits per heavy atom. The van der Waals surface area contributed by atoms with Crippen LogP contribution in [0.25, 0.3) is 0 Å². The minimum atomic E-state index is -0.659. The third kappa shape index (κ3) is 6.51. The monoisotopic (exact) mass is 378 g/mol. The third-order valence-corrected chi connectivity index (χ3v) is 4.33. The number of esters is 1. The van der Waals surface area contributed by atoms with Gasteiger partial charge in [0.1, 0.15) is 10.6 Å². The van der Waals surface area contributed by atoms with Crippen molar-refractivity contribution < 1.29 is 14.3 Å². The second-order valence-corrected chi connectivity index (χ2v) is 6.19. The van der Waals surface area contributed by atoms with E-state index in [2.05, 4.69) is 31.0 Å². The normalized spacial score (nSPS) is 13.5. The van der Waals surface area contributed by atoms with Gasteiger partial charge in [-0.05, 0) is 28.8 Å². The van der Waals surface area contributed by atoms with Gasteiger partial charge < -0.3 is 21.5 Å². The molecule has 0 spiro atoms. The fraction of sp³-hybridized carbons (Fsp3) is 0.583. The number of nitrogens with zero attached hydrogens (tertiary/aromatic N) is 1. The molecule has 0 aliphatic heterocycles. The van der Waals surface area contributed by atoms with Crippen LogP contribution in [0.3, 0.4) is 0 Å². The lowest BCUT2D eigenvalue weighted by Crippen LogP contribution is -2.42. The summed E-state index contributed by atoms with van der Waals surface area (Å²) in [4.78, 5) is 27.1. The number of amides is 1. The second kappa shape index (κ2) is 9.08. The van der Waals surface area contributed by atoms with Crippen LogP contribution in [-0.2, 0) is 20.7 Å². The van der Waals surface area contributed by atoms with Crippen molar-refractivity contribution in [3.63, 3.8) is 0 Å². The molecule has 1 aromatic rings. The van der Waals surface area contributed by atoms with Crippen molar-refractivity contribution >= 4 is 39.1 Å². The van der Waals surface area contributed by atoms with Gasteiger partial charge in [0.2, 0.25) is 5.91 Å². The van der Waals surface area contributed by atoms with Crippen molar-refractivity contribution in [2.24, 2.45) is 11.5 Å². The summed E-state index contributed by atoms with van der Waals surface area (Å²) in [7, 11) is 1.29. The Hall–Kier alpha value is -1.03. The standard InChI is InChI=1S/C12H19BrN4O3S/c1-20-12(19)7(14)3-2-4-16-11(18)8(15)5-10-17-9(13)6-21-10/h6-8H,2-5,14-15H2,1H3,(H,16,18)/t7-,8-/m0/s1. The zero-order valence-corrected chi connectivity index (χ0v) is 14.1. The molecule has 2 atom stereocenters. The zero-order chi connectivity index (χ0) is 15.8. The first-order chi connectivity index (χ1) is 9.93. The fourth-order valence-corrected chi connectivity index (χ4v) is 2.92. The summed E-state index contributed by atoms with van der Waals surface area (Å²) >= 11 is 4.70. The van der Waals surface area contributed by atoms with Crippen LogP contribution in [0, 0.1) is 0 Å². The van der Waals surface area contributed by atoms with Gasteiger partial charge >= 0.3 is 5.97 Å². The van der Waals surface area contributed by atoms with Crippen molar-refractivity contribution in [3.8, 4) is 0 Å². The van der Waals surface area contributed by atoms with Crippen molar-refractivity contribution in [3.05, 3.63) is 15.0 Å². The van der Waals surface area contributed by atoms with Crippen molar-refractivity contribution in [1.82, 2.24) is 10.3 Å². The van der Waals surface area contributed by atoms with Crippen molar-refractivity contribution in [2.45, 2.75) is 31.3 Å². The van der Waals surface area contributed by atoms with E-state index in [-0.39, 0.29) is 5.91 Å². The van der Waals surface area contributed by atoms with E-state index in [0.29, 0.717) is 25.8 Å². The molecule has 1 heterocycles. The average molecular weight is 379 g/mol. The van der Waals surface area contributed by atoms with Crippen LogP contribution in [0.4, 0.5) is 0 Å². The highest BCUT2D eigenvalue weighted by Gasteiger charge is 2.16. The van der Waals surface area contributed by atoms with Crippen LogP contribution in [-0.4, -0.2) is 42.6 Å². The van der Waals surface area contributed by atoms with Crippen molar-refractivity contribution in [1.29, 1.82) is 0 Å². The number of methoxy groups -OCH3 is 1. The number of rotatable bonds is 8. The Balaban J connectivity index is 2.22. The number of hydrogen-bond donors (Lipinski definition) is 3. The molecule has 5 N–H and O–H groups in total. The molecule has 0 fully saturated rings. The third-order valence-electron chi connectivity index (χ3n) is 2.75. The molecule has 0 aliphatic carbocycles. The van der Waals surface area contributed by atoms with Gasteiger partial charge in [0, 0.05) is 18.3 Å². The number of halogens is 1. The average Bonchev–Trinajstić information content (AvgIpc) is 2.87. The molecule has 0 aromatic carbocycles. The summed E-state index contributed by atoms with van der Waals surface area (Å²) in [6.07, 6.45) is 1.42. The highest BCUT2D eigenvalue weighted by atomic mass is 79.9. The molecule has 21 heavy (non-hydrogen) atoms. The smallest absolute Gasteiger partial charge is 0.322 e. The van der Waals surface area contributed by atoms with E-state index in [9.17, 15) is 9.59 Å². The quantitative estimate of drug-likeness (QED) is 0.438. The predicted molar refractivity (Wildman–Crippen MR) is 83.7 cm³/mol. The first-order valence-corrected chi connectivity index (χ1v) is 8.08. The second-order valence-electron chi connectivity index (χ2n) is 4.44. The maximum atomic E-state index is 11.8. The minimum absolute atomic E-state index is 0.243. The van der Waals surface area contributed by atoms with E-state index in [4.69, 9.17) is 11.5 Å². The topological polar surface area (TPSA) is 120 Å². The molecule has 1 amide bonds. The predicted octanol–water partition coefficient (Wildman–Crippen LogP) is 0.172. The van der Waals surface area contributed by atoms with Crippen LogP contribution in [0.15, 0.2) is 9.98 Å². The number of aromatic nitrogens is 1. The number of thiazole rings is 1. The molecule has 0 saturated carbocycles. The van der Waals surface area contributed by atoms with Gasteiger partial charge in [0.25, 0.3) is 0 Å². The highest BCUT2D eigenvalue weighted by molar-refractivity contribution is 9.10. The maximum Gasteiger partial charge on any atom is 0.322 e. The number of carbonyl (C=O) groups excluding carboxylic acids is 2. The summed E-state index contributed by atoms with van der Waals surface area (Å²) in [5, 5.41) is 5.36. The van der Waals surface area contributed by atoms with Gasteiger partial charge in [-0.1, -0.05) is 0 Å². The summed E-state index contributed by atoms with van der Waals surface area (Å²) in [5.74, 6) is -0.694. The van der Waals surface area contributed by atoms with E-state index in [1.54, 1.807) is 0 Å². The highest BCUT2D eigenvalue weighted by Crippen LogP contribution is 2.15. The van der Waals surface area contributed by atoms with Gasteiger partial charge in [-0.15, -0.1) is 11.3 Å². The molecular weight excluding hydrogens is 360 g/mol. The van der Waals surface area contributed by atoms with E-state index < -0.39 is 18.1 Å². The van der Waals surface area contributed by atoms with Gasteiger partial charge in [-0.3, -0.25) is 9.59 Å². The summed E-state index contributed by atoms with van der Waals surface area (Å²) < 4.78 is 5.26. The molecule has 0 unspecified atom stereocenters. The summed E-state index contributed by atoms with van der Waals surface area (Å²) in [5.41, 5.74) is 11.4. The van der Waals surface area contributed by atoms with E-state index in [0.717, 1.165) is 9.61 Å². The van der Waals surface area contributed by atoms with Crippen LogP contribution >= 0.6 is 27.3 Å². The molecular formula is C12H19BrN4O3S. The number of ether oxygens (including phenoxy) is 1. The Labute approximate surface area is 135 Å². The molecule has 0 saturated heterocycles. The van der Waals surface area contributed by atoms with Crippen LogP contribution in [0.2, 0.25) is 0 Å². The first kappa shape index (κ1) is 18.0. The number of nitrogens with two attached hydrogens (primary N) is 2. The van der Waals surface area contributed by atoms with Gasteiger partial charge in [0.15, 0.2) is 0 Å². The van der Waals surface area contributed by atoms with E-state index in [1.807, 2.05) is 5.38 Å². The molecule has 7 nitrogen and oxygen atoms in total. The molecule has 0 aliphatic rings. The summed E-state index contributed by atoms with van der Waals surface area (Å²) in [6.45, 7) is 0.415. The lowest BCUT2D eigenvalue weighted by Gasteiger charge is -2.12. The number of carbonyl (C=O) groups is 2. The Morgan fingerprint density at radius 2 is 2.19 bits per heavy atom. The molecule has 1 aromatic heterocycles. The molecule has 9 heteroatoms. The van der Waals surface area contributed by atoms with Gasteiger partial charge in [-0.25, -0.2) is 4.98 Å². The van der Waals surface area contributed by atoms with Crippen LogP contribution in [0.5, 0.6) is 0 Å². The van der Waals surface area contributed by atoms with E-state index >= 15 is 0 Å². The van der Waals surface area contributed by atoms with E-state index in [1.165, 1.54) is 18.4 Å². The molecule has 118 valence electrons. The lowest BCUT2D eigenvalue weighted by molar-refractivity contribution is -0.142. The lowest BCUT2D eigenvalue weighted by atomic mass is 10.1. The van der Waals surface area contributed by atoms with Crippen molar-refractivity contribution in [2.75, 3.05) is 13.7 Å². The Bertz CT molecular complexity index is 483. The van der Waals surface area contributed by atoms with Gasteiger partial charge in [-0.2, -0.15) is 0 Å². The van der Waals surface area contributed by atoms with Gasteiger partial charge in [0.05, 0.1) is 18.2 Å². The zero-order valence-electron chi connectivity index (χ0n) is 11.7. The van der Waals surface area contributed by atoms with Crippen LogP contribution in [0.1, 0.15) is 17.8 Å². The molecule has 0 bridgehead atoms. The first-order valence-electron chi connectivity index (χ1n) is 6.40. The SMILES string of the molecule is COC(=O)[C@@H](N)CCCNC(=O)[C@@H](N)Cc1nc(Br)cs1. The fourth-order valence-electron chi connectivity index (χ4n) is 1.60.